The fourth-order valence-corrected chi connectivity index (χ4v) is 7.98. The Kier molecular flexibility index (Phi) is 4.28. The van der Waals surface area contributed by atoms with Gasteiger partial charge in [0.25, 0.3) is 11.8 Å². The van der Waals surface area contributed by atoms with Crippen molar-refractivity contribution in [1.29, 1.82) is 0 Å². The lowest BCUT2D eigenvalue weighted by atomic mass is 9.48. The van der Waals surface area contributed by atoms with Crippen LogP contribution in [0.15, 0.2) is 17.0 Å². The monoisotopic (exact) mass is 443 g/mol. The average Bonchev–Trinajstić information content (AvgIpc) is 3.49. The summed E-state index contributed by atoms with van der Waals surface area (Å²) >= 11 is 0. The first kappa shape index (κ1) is 20.2. The highest BCUT2D eigenvalue weighted by Crippen LogP contribution is 2.65. The van der Waals surface area contributed by atoms with E-state index in [2.05, 4.69) is 0 Å². The van der Waals surface area contributed by atoms with Gasteiger partial charge in [-0.2, -0.15) is 0 Å². The molecule has 1 aromatic carbocycles. The number of carbonyl (C=O) groups is 1. The molecule has 9 heteroatoms. The number of ether oxygens (including phenoxy) is 1. The van der Waals surface area contributed by atoms with E-state index in [-0.39, 0.29) is 18.3 Å². The minimum absolute atomic E-state index is 0.0646. The molecule has 2 N–H and O–H groups in total. The molecule has 0 aliphatic heterocycles. The molecule has 164 valence electrons. The maximum Gasteiger partial charge on any atom is 0.253 e. The number of alkyl halides is 2. The van der Waals surface area contributed by atoms with Gasteiger partial charge in [-0.15, -0.1) is 0 Å². The van der Waals surface area contributed by atoms with Crippen LogP contribution in [-0.4, -0.2) is 32.1 Å². The Hall–Kier alpha value is -1.77. The number of sulfone groups is 1. The zero-order valence-corrected chi connectivity index (χ0v) is 17.2. The molecule has 0 saturated heterocycles. The van der Waals surface area contributed by atoms with E-state index in [4.69, 9.17) is 10.5 Å². The lowest BCUT2D eigenvalue weighted by molar-refractivity contribution is -0.231. The summed E-state index contributed by atoms with van der Waals surface area (Å²) < 4.78 is 75.6. The summed E-state index contributed by atoms with van der Waals surface area (Å²) in [7, 11) is -4.01. The van der Waals surface area contributed by atoms with Gasteiger partial charge in [-0.3, -0.25) is 4.79 Å². The highest BCUT2D eigenvalue weighted by Gasteiger charge is 2.64. The molecule has 0 heterocycles. The number of primary amides is 1. The largest absolute Gasteiger partial charge is 0.492 e. The molecule has 0 spiro atoms. The van der Waals surface area contributed by atoms with E-state index in [0.717, 1.165) is 12.5 Å². The number of benzene rings is 1. The second-order valence-corrected chi connectivity index (χ2v) is 11.8. The lowest BCUT2D eigenvalue weighted by Gasteiger charge is -2.59. The molecule has 2 atom stereocenters. The number of rotatable bonds is 6. The number of nitrogens with two attached hydrogens (primary N) is 1. The minimum Gasteiger partial charge on any atom is -0.492 e. The Balaban J connectivity index is 1.46. The van der Waals surface area contributed by atoms with Crippen molar-refractivity contribution >= 4 is 15.7 Å². The lowest BCUT2D eigenvalue weighted by Crippen LogP contribution is -2.58. The van der Waals surface area contributed by atoms with E-state index >= 15 is 0 Å². The molecule has 30 heavy (non-hydrogen) atoms. The summed E-state index contributed by atoms with van der Waals surface area (Å²) in [6.45, 7) is 0.0646. The van der Waals surface area contributed by atoms with Gasteiger partial charge in [-0.1, -0.05) is 0 Å². The van der Waals surface area contributed by atoms with Crippen LogP contribution in [0.3, 0.4) is 0 Å². The molecule has 5 nitrogen and oxygen atoms in total. The quantitative estimate of drug-likeness (QED) is 0.726. The zero-order chi connectivity index (χ0) is 21.5. The normalized spacial score (nSPS) is 34.2. The smallest absolute Gasteiger partial charge is 0.253 e. The summed E-state index contributed by atoms with van der Waals surface area (Å²) in [6, 6.07) is 2.38. The molecule has 6 rings (SSSR count). The predicted molar refractivity (Wildman–Crippen MR) is 102 cm³/mol. The average molecular weight is 443 g/mol. The molecule has 1 aromatic rings. The SMILES string of the molecule is NC(=O)c1ccc(OCC23CC4CC(C2)C(F)(F)C(C4)C3)c(S(=O)(=O)C2CC2)c1F. The molecule has 5 fully saturated rings. The van der Waals surface area contributed by atoms with Gasteiger partial charge >= 0.3 is 0 Å². The van der Waals surface area contributed by atoms with Gasteiger partial charge in [0, 0.05) is 17.3 Å². The van der Waals surface area contributed by atoms with Gasteiger partial charge < -0.3 is 10.5 Å². The van der Waals surface area contributed by atoms with Crippen LogP contribution in [0, 0.1) is 29.0 Å². The van der Waals surface area contributed by atoms with E-state index < -0.39 is 60.4 Å². The molecule has 2 unspecified atom stereocenters. The number of carbonyl (C=O) groups excluding carboxylic acids is 1. The maximum absolute atomic E-state index is 15.0. The van der Waals surface area contributed by atoms with Gasteiger partial charge in [0.05, 0.1) is 17.4 Å². The second kappa shape index (κ2) is 6.37. The third-order valence-electron chi connectivity index (χ3n) is 7.51. The number of halogens is 3. The van der Waals surface area contributed by atoms with Gasteiger partial charge in [-0.05, 0) is 63.0 Å². The third kappa shape index (κ3) is 2.95. The summed E-state index contributed by atoms with van der Waals surface area (Å²) in [5.74, 6) is -6.18. The van der Waals surface area contributed by atoms with Gasteiger partial charge in [0.15, 0.2) is 15.7 Å². The topological polar surface area (TPSA) is 86.5 Å². The Morgan fingerprint density at radius 1 is 1.13 bits per heavy atom. The summed E-state index contributed by atoms with van der Waals surface area (Å²) in [6.07, 6.45) is 3.32. The first-order chi connectivity index (χ1) is 14.0. The van der Waals surface area contributed by atoms with Crippen LogP contribution in [0.25, 0.3) is 0 Å². The van der Waals surface area contributed by atoms with E-state index in [9.17, 15) is 26.4 Å². The van der Waals surface area contributed by atoms with Crippen LogP contribution in [0.2, 0.25) is 0 Å². The van der Waals surface area contributed by atoms with Crippen molar-refractivity contribution in [2.24, 2.45) is 28.9 Å². The van der Waals surface area contributed by atoms with E-state index in [1.807, 2.05) is 0 Å². The minimum atomic E-state index is -4.01. The van der Waals surface area contributed by atoms with Gasteiger partial charge in [0.1, 0.15) is 10.6 Å². The van der Waals surface area contributed by atoms with E-state index in [1.165, 1.54) is 6.07 Å². The van der Waals surface area contributed by atoms with Gasteiger partial charge in [-0.25, -0.2) is 21.6 Å². The van der Waals surface area contributed by atoms with E-state index in [0.29, 0.717) is 38.5 Å². The van der Waals surface area contributed by atoms with E-state index in [1.54, 1.807) is 0 Å². The molecule has 5 saturated carbocycles. The zero-order valence-electron chi connectivity index (χ0n) is 16.4. The van der Waals surface area contributed by atoms with Crippen molar-refractivity contribution < 1.29 is 31.1 Å². The fourth-order valence-electron chi connectivity index (χ4n) is 6.12. The van der Waals surface area contributed by atoms with Crippen LogP contribution in [-0.2, 0) is 9.84 Å². The molecule has 1 amide bonds. The Morgan fingerprint density at radius 2 is 1.77 bits per heavy atom. The summed E-state index contributed by atoms with van der Waals surface area (Å²) in [5, 5.41) is -0.698. The molecule has 5 aliphatic carbocycles. The molecular formula is C21H24F3NO4S. The van der Waals surface area contributed by atoms with Crippen molar-refractivity contribution in [3.8, 4) is 5.75 Å². The molecular weight excluding hydrogens is 419 g/mol. The van der Waals surface area contributed by atoms with Crippen molar-refractivity contribution in [1.82, 2.24) is 0 Å². The first-order valence-corrected chi connectivity index (χ1v) is 11.9. The highest BCUT2D eigenvalue weighted by molar-refractivity contribution is 7.92. The van der Waals surface area contributed by atoms with Crippen molar-refractivity contribution in [2.45, 2.75) is 61.0 Å². The number of hydrogen-bond acceptors (Lipinski definition) is 4. The van der Waals surface area contributed by atoms with Crippen LogP contribution in [0.1, 0.15) is 55.3 Å². The highest BCUT2D eigenvalue weighted by atomic mass is 32.2. The van der Waals surface area contributed by atoms with Crippen LogP contribution in [0.5, 0.6) is 5.75 Å². The Labute approximate surface area is 173 Å². The van der Waals surface area contributed by atoms with Crippen LogP contribution < -0.4 is 10.5 Å². The molecule has 0 radical (unpaired) electrons. The maximum atomic E-state index is 15.0. The fraction of sp³-hybridized carbons (Fsp3) is 0.667. The van der Waals surface area contributed by atoms with Crippen molar-refractivity contribution in [2.75, 3.05) is 6.61 Å². The molecule has 4 bridgehead atoms. The number of hydrogen-bond donors (Lipinski definition) is 1. The third-order valence-corrected chi connectivity index (χ3v) is 9.81. The predicted octanol–water partition coefficient (Wildman–Crippen LogP) is 3.70. The van der Waals surface area contributed by atoms with Crippen molar-refractivity contribution in [3.05, 3.63) is 23.5 Å². The van der Waals surface area contributed by atoms with Crippen LogP contribution >= 0.6 is 0 Å². The first-order valence-electron chi connectivity index (χ1n) is 10.4. The molecule has 0 aromatic heterocycles. The standard InChI is InChI=1S/C21H24F3NO4S/c22-17-15(19(25)26)3-4-16(18(17)30(27,28)14-1-2-14)29-10-20-7-11-5-12(8-20)21(23,24)13(6-11)9-20/h3-4,11-14H,1-2,5-10H2,(H2,25,26). The summed E-state index contributed by atoms with van der Waals surface area (Å²) in [4.78, 5) is 10.9. The van der Waals surface area contributed by atoms with Crippen molar-refractivity contribution in [3.63, 3.8) is 0 Å². The summed E-state index contributed by atoms with van der Waals surface area (Å²) in [5.41, 5.74) is 4.23. The number of amides is 1. The van der Waals surface area contributed by atoms with Crippen LogP contribution in [0.4, 0.5) is 13.2 Å². The Morgan fingerprint density at radius 3 is 2.33 bits per heavy atom. The molecule has 5 aliphatic rings. The second-order valence-electron chi connectivity index (χ2n) is 9.67. The van der Waals surface area contributed by atoms with Gasteiger partial charge in [0.2, 0.25) is 0 Å². The Bertz CT molecular complexity index is 1000.